The second kappa shape index (κ2) is 5.74. The summed E-state index contributed by atoms with van der Waals surface area (Å²) >= 11 is 3.53. The van der Waals surface area contributed by atoms with Crippen LogP contribution in [-0.2, 0) is 12.8 Å². The van der Waals surface area contributed by atoms with Crippen molar-refractivity contribution in [1.82, 2.24) is 14.8 Å². The number of fused-ring (bicyclic) bond motifs is 2. The molecule has 1 aliphatic rings. The smallest absolute Gasteiger partial charge is 0.267 e. The van der Waals surface area contributed by atoms with Crippen molar-refractivity contribution >= 4 is 37.6 Å². The van der Waals surface area contributed by atoms with E-state index in [2.05, 4.69) is 22.9 Å². The predicted octanol–water partition coefficient (Wildman–Crippen LogP) is 4.43. The molecule has 0 aliphatic heterocycles. The van der Waals surface area contributed by atoms with Crippen LogP contribution >= 0.6 is 15.9 Å². The molecule has 0 spiro atoms. The van der Waals surface area contributed by atoms with E-state index in [1.807, 2.05) is 48.5 Å². The minimum absolute atomic E-state index is 0.0868. The van der Waals surface area contributed by atoms with Gasteiger partial charge in [0.05, 0.1) is 28.0 Å². The van der Waals surface area contributed by atoms with Crippen LogP contribution in [0.3, 0.4) is 0 Å². The molecule has 0 fully saturated rings. The van der Waals surface area contributed by atoms with Gasteiger partial charge in [0.1, 0.15) is 0 Å². The fraction of sp³-hybridized carbons (Fsp3) is 0.190. The lowest BCUT2D eigenvalue weighted by Crippen LogP contribution is -2.27. The zero-order valence-electron chi connectivity index (χ0n) is 14.2. The van der Waals surface area contributed by atoms with Gasteiger partial charge < -0.3 is 0 Å². The van der Waals surface area contributed by atoms with Gasteiger partial charge >= 0.3 is 0 Å². The van der Waals surface area contributed by atoms with Crippen LogP contribution < -0.4 is 5.56 Å². The van der Waals surface area contributed by atoms with Crippen LogP contribution in [0.15, 0.2) is 57.8 Å². The molecule has 2 aromatic heterocycles. The standard InChI is InChI=1S/C21H16BrN3O/c1-12-9-17-20-18(10-12)24-25(14-5-3-2-4-6-14)21(26)19(20)15-11-13(22)7-8-16(15)23-17/h2-8,11-12H,9-10H2,1H3. The van der Waals surface area contributed by atoms with E-state index in [0.29, 0.717) is 5.92 Å². The zero-order valence-corrected chi connectivity index (χ0v) is 15.8. The maximum absolute atomic E-state index is 13.4. The van der Waals surface area contributed by atoms with Gasteiger partial charge in [-0.15, -0.1) is 0 Å². The summed E-state index contributed by atoms with van der Waals surface area (Å²) in [6.07, 6.45) is 1.74. The summed E-state index contributed by atoms with van der Waals surface area (Å²) in [4.78, 5) is 18.3. The Morgan fingerprint density at radius 2 is 1.81 bits per heavy atom. The molecule has 0 N–H and O–H groups in total. The van der Waals surface area contributed by atoms with Gasteiger partial charge in [-0.3, -0.25) is 9.78 Å². The van der Waals surface area contributed by atoms with E-state index in [9.17, 15) is 4.79 Å². The Bertz CT molecular complexity index is 1230. The average molecular weight is 406 g/mol. The molecule has 0 saturated carbocycles. The van der Waals surface area contributed by atoms with Crippen LogP contribution in [0.25, 0.3) is 27.4 Å². The Kier molecular flexibility index (Phi) is 3.47. The number of pyridine rings is 1. The fourth-order valence-electron chi connectivity index (χ4n) is 3.91. The largest absolute Gasteiger partial charge is 0.280 e. The number of benzene rings is 2. The third-order valence-electron chi connectivity index (χ3n) is 5.02. The number of aromatic nitrogens is 3. The minimum atomic E-state index is -0.0868. The Morgan fingerprint density at radius 3 is 2.62 bits per heavy atom. The molecular weight excluding hydrogens is 390 g/mol. The van der Waals surface area contributed by atoms with Crippen molar-refractivity contribution in [3.63, 3.8) is 0 Å². The molecule has 0 saturated heterocycles. The summed E-state index contributed by atoms with van der Waals surface area (Å²) < 4.78 is 2.48. The van der Waals surface area contributed by atoms with Crippen molar-refractivity contribution in [3.05, 3.63) is 74.7 Å². The monoisotopic (exact) mass is 405 g/mol. The number of hydrogen-bond acceptors (Lipinski definition) is 3. The molecule has 128 valence electrons. The third kappa shape index (κ3) is 2.31. The van der Waals surface area contributed by atoms with Gasteiger partial charge in [-0.25, -0.2) is 0 Å². The Morgan fingerprint density at radius 1 is 1.04 bits per heavy atom. The maximum atomic E-state index is 13.4. The highest BCUT2D eigenvalue weighted by atomic mass is 79.9. The highest BCUT2D eigenvalue weighted by molar-refractivity contribution is 9.10. The summed E-state index contributed by atoms with van der Waals surface area (Å²) in [5.74, 6) is 0.459. The highest BCUT2D eigenvalue weighted by Crippen LogP contribution is 2.33. The van der Waals surface area contributed by atoms with E-state index in [4.69, 9.17) is 10.1 Å². The number of hydrogen-bond donors (Lipinski definition) is 0. The van der Waals surface area contributed by atoms with Crippen molar-refractivity contribution in [2.24, 2.45) is 5.92 Å². The van der Waals surface area contributed by atoms with Crippen molar-refractivity contribution < 1.29 is 0 Å². The lowest BCUT2D eigenvalue weighted by Gasteiger charge is -2.22. The number of rotatable bonds is 1. The molecule has 0 radical (unpaired) electrons. The van der Waals surface area contributed by atoms with Crippen molar-refractivity contribution in [2.45, 2.75) is 19.8 Å². The van der Waals surface area contributed by atoms with Crippen LogP contribution in [0.5, 0.6) is 0 Å². The van der Waals surface area contributed by atoms with E-state index < -0.39 is 0 Å². The molecule has 4 nitrogen and oxygen atoms in total. The predicted molar refractivity (Wildman–Crippen MR) is 107 cm³/mol. The molecule has 1 aliphatic carbocycles. The summed E-state index contributed by atoms with van der Waals surface area (Å²) in [7, 11) is 0. The van der Waals surface area contributed by atoms with Gasteiger partial charge in [0.25, 0.3) is 5.56 Å². The average Bonchev–Trinajstić information content (AvgIpc) is 2.64. The van der Waals surface area contributed by atoms with Crippen LogP contribution in [0.1, 0.15) is 18.3 Å². The molecule has 26 heavy (non-hydrogen) atoms. The van der Waals surface area contributed by atoms with Crippen LogP contribution in [-0.4, -0.2) is 14.8 Å². The van der Waals surface area contributed by atoms with E-state index in [0.717, 1.165) is 56.1 Å². The SMILES string of the molecule is CC1Cc2nc3ccc(Br)cc3c3c(=O)n(-c4ccccc4)nc(c23)C1. The lowest BCUT2D eigenvalue weighted by molar-refractivity contribution is 0.543. The van der Waals surface area contributed by atoms with Gasteiger partial charge in [0, 0.05) is 15.2 Å². The Labute approximate surface area is 158 Å². The van der Waals surface area contributed by atoms with Crippen molar-refractivity contribution in [1.29, 1.82) is 0 Å². The molecule has 2 aromatic carbocycles. The van der Waals surface area contributed by atoms with Gasteiger partial charge in [-0.05, 0) is 49.1 Å². The van der Waals surface area contributed by atoms with E-state index >= 15 is 0 Å². The molecular formula is C21H16BrN3O. The maximum Gasteiger partial charge on any atom is 0.280 e. The molecule has 2 heterocycles. The fourth-order valence-corrected chi connectivity index (χ4v) is 4.27. The molecule has 1 atom stereocenters. The second-order valence-corrected chi connectivity index (χ2v) is 7.90. The van der Waals surface area contributed by atoms with Crippen LogP contribution in [0.2, 0.25) is 0 Å². The van der Waals surface area contributed by atoms with E-state index in [-0.39, 0.29) is 5.56 Å². The summed E-state index contributed by atoms with van der Waals surface area (Å²) in [6.45, 7) is 2.21. The lowest BCUT2D eigenvalue weighted by atomic mass is 9.88. The number of para-hydroxylation sites is 1. The van der Waals surface area contributed by atoms with E-state index in [1.54, 1.807) is 4.68 Å². The second-order valence-electron chi connectivity index (χ2n) is 6.98. The first-order chi connectivity index (χ1) is 12.6. The normalized spacial score (nSPS) is 16.3. The Balaban J connectivity index is 2.00. The van der Waals surface area contributed by atoms with Crippen molar-refractivity contribution in [3.8, 4) is 5.69 Å². The summed E-state index contributed by atoms with van der Waals surface area (Å²) in [6, 6.07) is 15.6. The first-order valence-corrected chi connectivity index (χ1v) is 9.50. The van der Waals surface area contributed by atoms with Crippen molar-refractivity contribution in [2.75, 3.05) is 0 Å². The van der Waals surface area contributed by atoms with Crippen LogP contribution in [0, 0.1) is 5.92 Å². The minimum Gasteiger partial charge on any atom is -0.267 e. The van der Waals surface area contributed by atoms with Gasteiger partial charge in [0.15, 0.2) is 0 Å². The highest BCUT2D eigenvalue weighted by Gasteiger charge is 2.25. The molecule has 0 bridgehead atoms. The first-order valence-electron chi connectivity index (χ1n) is 8.71. The molecule has 5 heteroatoms. The molecule has 4 aromatic rings. The number of halogens is 1. The van der Waals surface area contributed by atoms with Gasteiger partial charge in [-0.2, -0.15) is 9.78 Å². The van der Waals surface area contributed by atoms with E-state index in [1.165, 1.54) is 0 Å². The molecule has 1 unspecified atom stereocenters. The quantitative estimate of drug-likeness (QED) is 0.440. The topological polar surface area (TPSA) is 47.8 Å². The van der Waals surface area contributed by atoms with Gasteiger partial charge in [0.2, 0.25) is 0 Å². The third-order valence-corrected chi connectivity index (χ3v) is 5.52. The van der Waals surface area contributed by atoms with Gasteiger partial charge in [-0.1, -0.05) is 41.1 Å². The summed E-state index contributed by atoms with van der Waals surface area (Å²) in [5, 5.41) is 7.29. The Hall–Kier alpha value is -2.53. The molecule has 5 rings (SSSR count). The summed E-state index contributed by atoms with van der Waals surface area (Å²) in [5.41, 5.74) is 3.52. The number of nitrogens with zero attached hydrogens (tertiary/aromatic N) is 3. The zero-order chi connectivity index (χ0) is 17.8. The molecule has 0 amide bonds. The first kappa shape index (κ1) is 15.7. The van der Waals surface area contributed by atoms with Crippen LogP contribution in [0.4, 0.5) is 0 Å².